The zero-order chi connectivity index (χ0) is 12.3. The Morgan fingerprint density at radius 3 is 2.56 bits per heavy atom. The molecule has 1 aromatic carbocycles. The van der Waals surface area contributed by atoms with Crippen molar-refractivity contribution in [2.75, 3.05) is 7.11 Å². The molecule has 3 nitrogen and oxygen atoms in total. The fourth-order valence-electron chi connectivity index (χ4n) is 1.78. The lowest BCUT2D eigenvalue weighted by atomic mass is 9.94. The fourth-order valence-corrected chi connectivity index (χ4v) is 2.01. The van der Waals surface area contributed by atoms with Crippen molar-refractivity contribution in [3.8, 4) is 5.75 Å². The standard InChI is InChI=1S/C12H15ClO3/c1-7(2)12-8(5-11(14)15)4-9(13)6-10(12)16-3/h4,6-7H,5H2,1-3H3,(H,14,15). The number of benzene rings is 1. The maximum atomic E-state index is 10.8. The molecule has 1 rings (SSSR count). The van der Waals surface area contributed by atoms with Crippen molar-refractivity contribution in [2.24, 2.45) is 0 Å². The zero-order valence-electron chi connectivity index (χ0n) is 9.58. The molecule has 0 unspecified atom stereocenters. The van der Waals surface area contributed by atoms with E-state index in [1.54, 1.807) is 19.2 Å². The van der Waals surface area contributed by atoms with Crippen LogP contribution in [0.15, 0.2) is 12.1 Å². The van der Waals surface area contributed by atoms with Crippen LogP contribution in [0.25, 0.3) is 0 Å². The maximum Gasteiger partial charge on any atom is 0.307 e. The summed E-state index contributed by atoms with van der Waals surface area (Å²) in [5.41, 5.74) is 1.63. The van der Waals surface area contributed by atoms with E-state index < -0.39 is 5.97 Å². The molecule has 0 atom stereocenters. The second kappa shape index (κ2) is 5.21. The van der Waals surface area contributed by atoms with E-state index in [4.69, 9.17) is 21.4 Å². The van der Waals surface area contributed by atoms with E-state index >= 15 is 0 Å². The summed E-state index contributed by atoms with van der Waals surface area (Å²) >= 11 is 5.92. The normalized spacial score (nSPS) is 10.6. The van der Waals surface area contributed by atoms with E-state index in [0.717, 1.165) is 5.56 Å². The number of hydrogen-bond donors (Lipinski definition) is 1. The topological polar surface area (TPSA) is 46.5 Å². The Morgan fingerprint density at radius 2 is 2.12 bits per heavy atom. The van der Waals surface area contributed by atoms with Crippen LogP contribution in [0.2, 0.25) is 5.02 Å². The molecule has 88 valence electrons. The van der Waals surface area contributed by atoms with Gasteiger partial charge in [0.2, 0.25) is 0 Å². The third-order valence-electron chi connectivity index (χ3n) is 2.33. The molecule has 0 saturated heterocycles. The number of aliphatic carboxylic acids is 1. The molecule has 0 fully saturated rings. The van der Waals surface area contributed by atoms with Crippen molar-refractivity contribution in [3.63, 3.8) is 0 Å². The van der Waals surface area contributed by atoms with Crippen LogP contribution in [0.5, 0.6) is 5.75 Å². The highest BCUT2D eigenvalue weighted by molar-refractivity contribution is 6.30. The van der Waals surface area contributed by atoms with Gasteiger partial charge >= 0.3 is 5.97 Å². The number of rotatable bonds is 4. The van der Waals surface area contributed by atoms with Gasteiger partial charge in [-0.25, -0.2) is 0 Å². The van der Waals surface area contributed by atoms with E-state index in [0.29, 0.717) is 16.3 Å². The lowest BCUT2D eigenvalue weighted by Crippen LogP contribution is -2.06. The third kappa shape index (κ3) is 2.89. The molecule has 0 heterocycles. The number of halogens is 1. The van der Waals surface area contributed by atoms with Gasteiger partial charge in [-0.1, -0.05) is 25.4 Å². The molecule has 0 aliphatic heterocycles. The first-order valence-corrected chi connectivity index (χ1v) is 5.41. The highest BCUT2D eigenvalue weighted by Crippen LogP contribution is 2.33. The molecule has 1 aromatic rings. The van der Waals surface area contributed by atoms with Gasteiger partial charge in [-0.15, -0.1) is 0 Å². The highest BCUT2D eigenvalue weighted by atomic mass is 35.5. The quantitative estimate of drug-likeness (QED) is 0.883. The first-order chi connectivity index (χ1) is 7.45. The summed E-state index contributed by atoms with van der Waals surface area (Å²) in [5.74, 6) is -0.0217. The number of hydrogen-bond acceptors (Lipinski definition) is 2. The Kier molecular flexibility index (Phi) is 4.19. The van der Waals surface area contributed by atoms with E-state index in [1.165, 1.54) is 0 Å². The summed E-state index contributed by atoms with van der Waals surface area (Å²) < 4.78 is 5.23. The average molecular weight is 243 g/mol. The second-order valence-electron chi connectivity index (χ2n) is 3.91. The van der Waals surface area contributed by atoms with Crippen LogP contribution in [-0.4, -0.2) is 18.2 Å². The van der Waals surface area contributed by atoms with Crippen molar-refractivity contribution in [2.45, 2.75) is 26.2 Å². The van der Waals surface area contributed by atoms with Gasteiger partial charge in [0.25, 0.3) is 0 Å². The van der Waals surface area contributed by atoms with Crippen molar-refractivity contribution in [1.82, 2.24) is 0 Å². The van der Waals surface area contributed by atoms with Crippen LogP contribution in [0.4, 0.5) is 0 Å². The Balaban J connectivity index is 3.32. The van der Waals surface area contributed by atoms with Gasteiger partial charge in [0.1, 0.15) is 5.75 Å². The summed E-state index contributed by atoms with van der Waals surface area (Å²) in [7, 11) is 1.56. The van der Waals surface area contributed by atoms with Crippen LogP contribution in [0.1, 0.15) is 30.9 Å². The minimum absolute atomic E-state index is 0.0373. The molecule has 0 saturated carbocycles. The molecule has 4 heteroatoms. The van der Waals surface area contributed by atoms with Gasteiger partial charge in [-0.2, -0.15) is 0 Å². The molecule has 16 heavy (non-hydrogen) atoms. The van der Waals surface area contributed by atoms with Gasteiger partial charge in [-0.3, -0.25) is 4.79 Å². The molecule has 0 bridgehead atoms. The SMILES string of the molecule is COc1cc(Cl)cc(CC(=O)O)c1C(C)C. The largest absolute Gasteiger partial charge is 0.496 e. The van der Waals surface area contributed by atoms with Crippen LogP contribution < -0.4 is 4.74 Å². The van der Waals surface area contributed by atoms with Crippen molar-refractivity contribution in [1.29, 1.82) is 0 Å². The number of carboxylic acids is 1. The Labute approximate surface area is 100.0 Å². The monoisotopic (exact) mass is 242 g/mol. The Hall–Kier alpha value is -1.22. The molecule has 0 aromatic heterocycles. The fraction of sp³-hybridized carbons (Fsp3) is 0.417. The zero-order valence-corrected chi connectivity index (χ0v) is 10.3. The smallest absolute Gasteiger partial charge is 0.307 e. The summed E-state index contributed by atoms with van der Waals surface area (Å²) in [6.45, 7) is 3.99. The number of ether oxygens (including phenoxy) is 1. The molecule has 0 aliphatic rings. The summed E-state index contributed by atoms with van der Waals surface area (Å²) in [6, 6.07) is 3.40. The van der Waals surface area contributed by atoms with E-state index in [2.05, 4.69) is 0 Å². The van der Waals surface area contributed by atoms with Crippen molar-refractivity contribution in [3.05, 3.63) is 28.3 Å². The Morgan fingerprint density at radius 1 is 1.50 bits per heavy atom. The van der Waals surface area contributed by atoms with Gasteiger partial charge in [0, 0.05) is 10.6 Å². The lowest BCUT2D eigenvalue weighted by molar-refractivity contribution is -0.136. The lowest BCUT2D eigenvalue weighted by Gasteiger charge is -2.16. The summed E-state index contributed by atoms with van der Waals surface area (Å²) in [6.07, 6.45) is -0.0373. The highest BCUT2D eigenvalue weighted by Gasteiger charge is 2.16. The first kappa shape index (κ1) is 12.8. The van der Waals surface area contributed by atoms with Gasteiger partial charge < -0.3 is 9.84 Å². The van der Waals surface area contributed by atoms with Crippen LogP contribution >= 0.6 is 11.6 Å². The number of carbonyl (C=O) groups is 1. The predicted molar refractivity (Wildman–Crippen MR) is 63.4 cm³/mol. The summed E-state index contributed by atoms with van der Waals surface area (Å²) in [5, 5.41) is 9.34. The minimum Gasteiger partial charge on any atom is -0.496 e. The molecule has 0 amide bonds. The van der Waals surface area contributed by atoms with E-state index in [1.807, 2.05) is 13.8 Å². The molecule has 1 N–H and O–H groups in total. The average Bonchev–Trinajstić information content (AvgIpc) is 2.14. The first-order valence-electron chi connectivity index (χ1n) is 5.03. The molecule has 0 spiro atoms. The molecule has 0 aliphatic carbocycles. The van der Waals surface area contributed by atoms with Crippen LogP contribution in [-0.2, 0) is 11.2 Å². The van der Waals surface area contributed by atoms with Gasteiger partial charge in [0.05, 0.1) is 13.5 Å². The molecule has 0 radical (unpaired) electrons. The maximum absolute atomic E-state index is 10.8. The van der Waals surface area contributed by atoms with Gasteiger partial charge in [0.15, 0.2) is 0 Å². The van der Waals surface area contributed by atoms with Crippen molar-refractivity contribution >= 4 is 17.6 Å². The third-order valence-corrected chi connectivity index (χ3v) is 2.55. The van der Waals surface area contributed by atoms with E-state index in [9.17, 15) is 4.79 Å². The van der Waals surface area contributed by atoms with Crippen LogP contribution in [0, 0.1) is 0 Å². The van der Waals surface area contributed by atoms with Crippen LogP contribution in [0.3, 0.4) is 0 Å². The predicted octanol–water partition coefficient (Wildman–Crippen LogP) is 3.10. The second-order valence-corrected chi connectivity index (χ2v) is 4.34. The molecular formula is C12H15ClO3. The molecular weight excluding hydrogens is 228 g/mol. The minimum atomic E-state index is -0.869. The number of methoxy groups -OCH3 is 1. The summed E-state index contributed by atoms with van der Waals surface area (Å²) in [4.78, 5) is 10.8. The van der Waals surface area contributed by atoms with Gasteiger partial charge in [-0.05, 0) is 23.6 Å². The Bertz CT molecular complexity index is 399. The van der Waals surface area contributed by atoms with E-state index in [-0.39, 0.29) is 12.3 Å². The number of carboxylic acid groups (broad SMARTS) is 1. The van der Waals surface area contributed by atoms with Crippen molar-refractivity contribution < 1.29 is 14.6 Å².